The molecule has 1 N–H and O–H groups in total. The van der Waals surface area contributed by atoms with Crippen LogP contribution >= 0.6 is 0 Å². The molecule has 0 bridgehead atoms. The summed E-state index contributed by atoms with van der Waals surface area (Å²) < 4.78 is 32.9. The Morgan fingerprint density at radius 1 is 1.10 bits per heavy atom. The smallest absolute Gasteiger partial charge is 0.384 e. The van der Waals surface area contributed by atoms with E-state index in [1.165, 1.54) is 0 Å². The first-order valence-corrected chi connectivity index (χ1v) is 11.4. The van der Waals surface area contributed by atoms with E-state index in [4.69, 9.17) is 4.74 Å². The van der Waals surface area contributed by atoms with Crippen molar-refractivity contribution in [2.75, 3.05) is 6.61 Å². The molecule has 0 spiro atoms. The fourth-order valence-electron chi connectivity index (χ4n) is 3.38. The second-order valence-electron chi connectivity index (χ2n) is 7.17. The minimum atomic E-state index is -3.57. The van der Waals surface area contributed by atoms with E-state index in [0.717, 1.165) is 23.1 Å². The number of rotatable bonds is 5. The summed E-state index contributed by atoms with van der Waals surface area (Å²) >= 11 is 0. The monoisotopic (exact) mass is 423 g/mol. The van der Waals surface area contributed by atoms with Crippen molar-refractivity contribution in [3.63, 3.8) is 0 Å². The van der Waals surface area contributed by atoms with Gasteiger partial charge in [-0.05, 0) is 50.5 Å². The van der Waals surface area contributed by atoms with Gasteiger partial charge in [0.25, 0.3) is 0 Å². The quantitative estimate of drug-likeness (QED) is 0.452. The van der Waals surface area contributed by atoms with Crippen LogP contribution in [0.4, 0.5) is 0 Å². The van der Waals surface area contributed by atoms with Crippen LogP contribution in [0.25, 0.3) is 0 Å². The molecule has 0 unspecified atom stereocenters. The molecule has 0 radical (unpaired) electrons. The molecule has 1 aliphatic carbocycles. The van der Waals surface area contributed by atoms with Crippen molar-refractivity contribution in [3.05, 3.63) is 77.4 Å². The average Bonchev–Trinajstić information content (AvgIpc) is 2.73. The Morgan fingerprint density at radius 3 is 2.50 bits per heavy atom. The number of aryl methyl sites for hydroxylation is 1. The van der Waals surface area contributed by atoms with Crippen LogP contribution in [0.2, 0.25) is 0 Å². The van der Waals surface area contributed by atoms with Gasteiger partial charge >= 0.3 is 5.97 Å². The average molecular weight is 424 g/mol. The predicted octanol–water partition coefficient (Wildman–Crippen LogP) is 3.69. The molecule has 2 atom stereocenters. The summed E-state index contributed by atoms with van der Waals surface area (Å²) in [5, 5.41) is 0. The zero-order valence-corrected chi connectivity index (χ0v) is 17.9. The van der Waals surface area contributed by atoms with Crippen molar-refractivity contribution in [2.24, 2.45) is 0 Å². The summed E-state index contributed by atoms with van der Waals surface area (Å²) in [4.78, 5) is 11.8. The summed E-state index contributed by atoms with van der Waals surface area (Å²) in [5.41, 5.74) is 2.81. The number of esters is 1. The highest BCUT2D eigenvalue weighted by Crippen LogP contribution is 2.30. The van der Waals surface area contributed by atoms with E-state index in [9.17, 15) is 13.2 Å². The van der Waals surface area contributed by atoms with Gasteiger partial charge in [-0.2, -0.15) is 0 Å². The molecule has 0 aromatic heterocycles. The first kappa shape index (κ1) is 21.8. The molecular weight excluding hydrogens is 398 g/mol. The summed E-state index contributed by atoms with van der Waals surface area (Å²) in [7, 11) is -3.57. The van der Waals surface area contributed by atoms with E-state index in [0.29, 0.717) is 13.0 Å². The largest absolute Gasteiger partial charge is 0.456 e. The van der Waals surface area contributed by atoms with E-state index in [1.807, 2.05) is 43.3 Å². The standard InChI is InChI=1S/C24H25NO4S/c1-3-29-24(26)17-12-19-6-4-5-7-23(19)20-10-13-21(14-11-20)25-30(27,28)22-15-8-18(2)9-16-22/h4-10,13,15-16,20-21,25H,3,11,14H2,1-2H3/t20-,21-/m0/s1. The van der Waals surface area contributed by atoms with Crippen molar-refractivity contribution in [2.45, 2.75) is 43.5 Å². The van der Waals surface area contributed by atoms with E-state index < -0.39 is 16.0 Å². The van der Waals surface area contributed by atoms with Crippen molar-refractivity contribution >= 4 is 16.0 Å². The maximum absolute atomic E-state index is 12.6. The Kier molecular flexibility index (Phi) is 7.09. The van der Waals surface area contributed by atoms with Crippen LogP contribution in [0.1, 0.15) is 42.4 Å². The molecule has 3 rings (SSSR count). The van der Waals surface area contributed by atoms with Gasteiger partial charge in [-0.15, -0.1) is 0 Å². The van der Waals surface area contributed by atoms with Crippen molar-refractivity contribution in [1.29, 1.82) is 0 Å². The minimum Gasteiger partial charge on any atom is -0.456 e. The molecular formula is C24H25NO4S. The fraction of sp³-hybridized carbons (Fsp3) is 0.292. The van der Waals surface area contributed by atoms with Crippen LogP contribution in [0, 0.1) is 18.8 Å². The first-order valence-electron chi connectivity index (χ1n) is 9.94. The highest BCUT2D eigenvalue weighted by molar-refractivity contribution is 7.89. The molecule has 30 heavy (non-hydrogen) atoms. The molecule has 2 aromatic carbocycles. The first-order chi connectivity index (χ1) is 14.4. The molecule has 156 valence electrons. The third kappa shape index (κ3) is 5.59. The van der Waals surface area contributed by atoms with Crippen molar-refractivity contribution in [3.8, 4) is 11.8 Å². The Bertz CT molecular complexity index is 1090. The SMILES string of the molecule is CCOC(=O)C#Cc1ccccc1[C@H]1C=C[C@H](NS(=O)(=O)c2ccc(C)cc2)CC1. The van der Waals surface area contributed by atoms with Gasteiger partial charge in [-0.1, -0.05) is 54.0 Å². The van der Waals surface area contributed by atoms with Crippen LogP contribution in [0.15, 0.2) is 65.6 Å². The predicted molar refractivity (Wildman–Crippen MR) is 116 cm³/mol. The van der Waals surface area contributed by atoms with Crippen LogP contribution in [0.5, 0.6) is 0 Å². The fourth-order valence-corrected chi connectivity index (χ4v) is 4.61. The zero-order valence-electron chi connectivity index (χ0n) is 17.1. The van der Waals surface area contributed by atoms with Gasteiger partial charge in [-0.25, -0.2) is 17.9 Å². The van der Waals surface area contributed by atoms with Gasteiger partial charge in [0.2, 0.25) is 10.0 Å². The van der Waals surface area contributed by atoms with Gasteiger partial charge in [0.15, 0.2) is 0 Å². The summed E-state index contributed by atoms with van der Waals surface area (Å²) in [5.74, 6) is 4.98. The normalized spacial score (nSPS) is 18.3. The third-order valence-electron chi connectivity index (χ3n) is 4.94. The number of nitrogens with one attached hydrogen (secondary N) is 1. The molecule has 0 fully saturated rings. The number of benzene rings is 2. The molecule has 0 heterocycles. The molecule has 5 nitrogen and oxygen atoms in total. The minimum absolute atomic E-state index is 0.109. The van der Waals surface area contributed by atoms with Crippen LogP contribution in [-0.4, -0.2) is 27.0 Å². The van der Waals surface area contributed by atoms with Gasteiger partial charge in [0, 0.05) is 23.4 Å². The second kappa shape index (κ2) is 9.75. The Balaban J connectivity index is 1.72. The number of hydrogen-bond acceptors (Lipinski definition) is 4. The lowest BCUT2D eigenvalue weighted by molar-refractivity contribution is -0.136. The number of allylic oxidation sites excluding steroid dienone is 1. The van der Waals surface area contributed by atoms with Crippen molar-refractivity contribution < 1.29 is 17.9 Å². The number of ether oxygens (including phenoxy) is 1. The van der Waals surface area contributed by atoms with Gasteiger partial charge < -0.3 is 4.74 Å². The summed E-state index contributed by atoms with van der Waals surface area (Å²) in [6, 6.07) is 14.2. The summed E-state index contributed by atoms with van der Waals surface area (Å²) in [6.45, 7) is 3.95. The lowest BCUT2D eigenvalue weighted by atomic mass is 9.85. The zero-order chi connectivity index (χ0) is 21.6. The summed E-state index contributed by atoms with van der Waals surface area (Å²) in [6.07, 6.45) is 5.35. The van der Waals surface area contributed by atoms with Crippen molar-refractivity contribution in [1.82, 2.24) is 4.72 Å². The number of carbonyl (C=O) groups excluding carboxylic acids is 1. The highest BCUT2D eigenvalue weighted by Gasteiger charge is 2.23. The Hall–Kier alpha value is -2.88. The molecule has 2 aromatic rings. The van der Waals surface area contributed by atoms with E-state index >= 15 is 0 Å². The maximum Gasteiger partial charge on any atom is 0.384 e. The Labute approximate surface area is 178 Å². The van der Waals surface area contributed by atoms with Crippen LogP contribution in [0.3, 0.4) is 0 Å². The topological polar surface area (TPSA) is 72.5 Å². The molecule has 0 amide bonds. The van der Waals surface area contributed by atoms with Gasteiger partial charge in [0.1, 0.15) is 0 Å². The van der Waals surface area contributed by atoms with E-state index in [1.54, 1.807) is 31.2 Å². The third-order valence-corrected chi connectivity index (χ3v) is 6.44. The maximum atomic E-state index is 12.6. The molecule has 0 saturated carbocycles. The Morgan fingerprint density at radius 2 is 1.83 bits per heavy atom. The lowest BCUT2D eigenvalue weighted by Gasteiger charge is -2.24. The lowest BCUT2D eigenvalue weighted by Crippen LogP contribution is -2.35. The molecule has 0 saturated heterocycles. The molecule has 0 aliphatic heterocycles. The van der Waals surface area contributed by atoms with Gasteiger partial charge in [0.05, 0.1) is 11.5 Å². The number of sulfonamides is 1. The second-order valence-corrected chi connectivity index (χ2v) is 8.88. The molecule has 1 aliphatic rings. The van der Waals surface area contributed by atoms with Crippen LogP contribution in [-0.2, 0) is 19.6 Å². The number of hydrogen-bond donors (Lipinski definition) is 1. The van der Waals surface area contributed by atoms with E-state index in [2.05, 4.69) is 16.6 Å². The van der Waals surface area contributed by atoms with E-state index in [-0.39, 0.29) is 16.9 Å². The molecule has 6 heteroatoms. The van der Waals surface area contributed by atoms with Gasteiger partial charge in [-0.3, -0.25) is 0 Å². The highest BCUT2D eigenvalue weighted by atomic mass is 32.2. The van der Waals surface area contributed by atoms with Crippen LogP contribution < -0.4 is 4.72 Å². The number of carbonyl (C=O) groups is 1.